The number of rotatable bonds is 6. The minimum Gasteiger partial charge on any atom is -0.394 e. The van der Waals surface area contributed by atoms with Crippen LogP contribution in [0.1, 0.15) is 17.0 Å². The van der Waals surface area contributed by atoms with Gasteiger partial charge in [0.05, 0.1) is 18.8 Å². The number of fused-ring (bicyclic) bond motifs is 3. The Morgan fingerprint density at radius 2 is 2.00 bits per heavy atom. The SMILES string of the molecule is Cc1nn(CCO)c(C)c1CNCC1CN2CCN1CC2. The maximum Gasteiger partial charge on any atom is 0.0644 e. The van der Waals surface area contributed by atoms with Crippen molar-refractivity contribution in [2.24, 2.45) is 0 Å². The van der Waals surface area contributed by atoms with Crippen LogP contribution in [0.4, 0.5) is 0 Å². The number of nitrogens with zero attached hydrogens (tertiary/aromatic N) is 4. The largest absolute Gasteiger partial charge is 0.394 e. The first-order valence-corrected chi connectivity index (χ1v) is 8.00. The van der Waals surface area contributed by atoms with Crippen LogP contribution in [0, 0.1) is 13.8 Å². The Hall–Kier alpha value is -0.950. The van der Waals surface area contributed by atoms with E-state index in [2.05, 4.69) is 34.1 Å². The van der Waals surface area contributed by atoms with Crippen molar-refractivity contribution < 1.29 is 5.11 Å². The molecule has 1 atom stereocenters. The zero-order chi connectivity index (χ0) is 14.8. The van der Waals surface area contributed by atoms with E-state index in [4.69, 9.17) is 5.11 Å². The van der Waals surface area contributed by atoms with Gasteiger partial charge in [0.15, 0.2) is 0 Å². The van der Waals surface area contributed by atoms with Crippen LogP contribution in [0.25, 0.3) is 0 Å². The second-order valence-corrected chi connectivity index (χ2v) is 6.22. The lowest BCUT2D eigenvalue weighted by Gasteiger charge is -2.47. The predicted octanol–water partition coefficient (Wildman–Crippen LogP) is -0.418. The molecule has 3 saturated heterocycles. The van der Waals surface area contributed by atoms with E-state index in [0.717, 1.165) is 18.8 Å². The summed E-state index contributed by atoms with van der Waals surface area (Å²) in [6.45, 7) is 12.9. The average Bonchev–Trinajstić information content (AvgIpc) is 2.76. The summed E-state index contributed by atoms with van der Waals surface area (Å²) in [5.74, 6) is 0. The van der Waals surface area contributed by atoms with E-state index in [1.165, 1.54) is 44.0 Å². The standard InChI is InChI=1S/C15H27N5O/c1-12-15(13(2)20(17-12)7-8-21)10-16-9-14-11-18-3-5-19(14)6-4-18/h14,16,21H,3-11H2,1-2H3. The van der Waals surface area contributed by atoms with Crippen molar-refractivity contribution in [2.45, 2.75) is 33.0 Å². The Kier molecular flexibility index (Phi) is 4.59. The molecule has 6 heteroatoms. The van der Waals surface area contributed by atoms with Crippen molar-refractivity contribution in [2.75, 3.05) is 45.9 Å². The summed E-state index contributed by atoms with van der Waals surface area (Å²) in [5.41, 5.74) is 3.52. The Labute approximate surface area is 126 Å². The van der Waals surface area contributed by atoms with Crippen LogP contribution in [-0.2, 0) is 13.1 Å². The molecule has 1 aromatic heterocycles. The molecule has 0 amide bonds. The van der Waals surface area contributed by atoms with Crippen LogP contribution in [0.15, 0.2) is 0 Å². The number of aliphatic hydroxyl groups is 1. The lowest BCUT2D eigenvalue weighted by molar-refractivity contribution is 0.0136. The van der Waals surface area contributed by atoms with Gasteiger partial charge in [-0.3, -0.25) is 14.5 Å². The summed E-state index contributed by atoms with van der Waals surface area (Å²) in [4.78, 5) is 5.18. The number of hydrogen-bond acceptors (Lipinski definition) is 5. The highest BCUT2D eigenvalue weighted by atomic mass is 16.3. The molecule has 2 bridgehead atoms. The number of aromatic nitrogens is 2. The molecule has 0 aromatic carbocycles. The third-order valence-corrected chi connectivity index (χ3v) is 4.92. The lowest BCUT2D eigenvalue weighted by Crippen LogP contribution is -2.63. The topological polar surface area (TPSA) is 56.6 Å². The molecule has 1 unspecified atom stereocenters. The molecule has 0 spiro atoms. The van der Waals surface area contributed by atoms with Crippen molar-refractivity contribution in [3.63, 3.8) is 0 Å². The van der Waals surface area contributed by atoms with Gasteiger partial charge in [0.1, 0.15) is 0 Å². The number of piperazine rings is 3. The Balaban J connectivity index is 1.53. The van der Waals surface area contributed by atoms with Gasteiger partial charge in [-0.15, -0.1) is 0 Å². The van der Waals surface area contributed by atoms with E-state index in [1.54, 1.807) is 0 Å². The van der Waals surface area contributed by atoms with Crippen LogP contribution in [0.5, 0.6) is 0 Å². The first-order chi connectivity index (χ1) is 10.2. The monoisotopic (exact) mass is 293 g/mol. The molecule has 2 N–H and O–H groups in total. The summed E-state index contributed by atoms with van der Waals surface area (Å²) in [5, 5.41) is 17.2. The van der Waals surface area contributed by atoms with Crippen molar-refractivity contribution >= 4 is 0 Å². The van der Waals surface area contributed by atoms with E-state index in [0.29, 0.717) is 12.6 Å². The van der Waals surface area contributed by atoms with Gasteiger partial charge >= 0.3 is 0 Å². The van der Waals surface area contributed by atoms with Gasteiger partial charge in [0, 0.05) is 63.1 Å². The van der Waals surface area contributed by atoms with Gasteiger partial charge in [0.2, 0.25) is 0 Å². The van der Waals surface area contributed by atoms with E-state index >= 15 is 0 Å². The molecule has 1 aromatic rings. The molecular formula is C15H27N5O. The van der Waals surface area contributed by atoms with Crippen LogP contribution < -0.4 is 5.32 Å². The fourth-order valence-electron chi connectivity index (χ4n) is 3.58. The van der Waals surface area contributed by atoms with Crippen LogP contribution in [0.2, 0.25) is 0 Å². The Bertz CT molecular complexity index is 479. The number of nitrogens with one attached hydrogen (secondary N) is 1. The maximum atomic E-state index is 9.06. The molecule has 3 fully saturated rings. The molecule has 118 valence electrons. The van der Waals surface area contributed by atoms with Crippen molar-refractivity contribution in [3.8, 4) is 0 Å². The van der Waals surface area contributed by atoms with Crippen LogP contribution in [-0.4, -0.2) is 76.6 Å². The summed E-state index contributed by atoms with van der Waals surface area (Å²) in [6, 6.07) is 0.653. The fraction of sp³-hybridized carbons (Fsp3) is 0.800. The second kappa shape index (κ2) is 6.44. The van der Waals surface area contributed by atoms with Crippen molar-refractivity contribution in [1.29, 1.82) is 0 Å². The van der Waals surface area contributed by atoms with E-state index in [9.17, 15) is 0 Å². The smallest absolute Gasteiger partial charge is 0.0644 e. The first-order valence-electron chi connectivity index (χ1n) is 8.00. The van der Waals surface area contributed by atoms with Gasteiger partial charge in [-0.25, -0.2) is 0 Å². The third kappa shape index (κ3) is 3.13. The van der Waals surface area contributed by atoms with Crippen molar-refractivity contribution in [3.05, 3.63) is 17.0 Å². The molecule has 0 radical (unpaired) electrons. The van der Waals surface area contributed by atoms with Gasteiger partial charge < -0.3 is 10.4 Å². The average molecular weight is 293 g/mol. The zero-order valence-corrected chi connectivity index (χ0v) is 13.2. The molecule has 4 heterocycles. The Morgan fingerprint density at radius 3 is 2.62 bits per heavy atom. The molecule has 6 nitrogen and oxygen atoms in total. The Morgan fingerprint density at radius 1 is 1.24 bits per heavy atom. The molecule has 4 rings (SSSR count). The van der Waals surface area contributed by atoms with E-state index in [-0.39, 0.29) is 6.61 Å². The summed E-state index contributed by atoms with van der Waals surface area (Å²) in [7, 11) is 0. The molecule has 21 heavy (non-hydrogen) atoms. The molecule has 3 aliphatic rings. The van der Waals surface area contributed by atoms with Gasteiger partial charge in [-0.1, -0.05) is 0 Å². The van der Waals surface area contributed by atoms with Gasteiger partial charge in [-0.2, -0.15) is 5.10 Å². The summed E-state index contributed by atoms with van der Waals surface area (Å²) < 4.78 is 1.91. The number of aryl methyl sites for hydroxylation is 1. The van der Waals surface area contributed by atoms with Gasteiger partial charge in [-0.05, 0) is 13.8 Å². The predicted molar refractivity (Wildman–Crippen MR) is 82.3 cm³/mol. The fourth-order valence-corrected chi connectivity index (χ4v) is 3.58. The lowest BCUT2D eigenvalue weighted by atomic mass is 10.1. The minimum atomic E-state index is 0.141. The minimum absolute atomic E-state index is 0.141. The molecule has 3 aliphatic heterocycles. The summed E-state index contributed by atoms with van der Waals surface area (Å²) in [6.07, 6.45) is 0. The summed E-state index contributed by atoms with van der Waals surface area (Å²) >= 11 is 0. The quantitative estimate of drug-likeness (QED) is 0.746. The van der Waals surface area contributed by atoms with Crippen LogP contribution >= 0.6 is 0 Å². The van der Waals surface area contributed by atoms with E-state index < -0.39 is 0 Å². The molecule has 0 saturated carbocycles. The second-order valence-electron chi connectivity index (χ2n) is 6.22. The van der Waals surface area contributed by atoms with E-state index in [1.807, 2.05) is 4.68 Å². The molecular weight excluding hydrogens is 266 g/mol. The zero-order valence-electron chi connectivity index (χ0n) is 13.2. The normalized spacial score (nSPS) is 28.2. The van der Waals surface area contributed by atoms with Crippen molar-refractivity contribution in [1.82, 2.24) is 24.9 Å². The highest BCUT2D eigenvalue weighted by molar-refractivity contribution is 5.24. The number of hydrogen-bond donors (Lipinski definition) is 2. The highest BCUT2D eigenvalue weighted by Gasteiger charge is 2.31. The maximum absolute atomic E-state index is 9.06. The first kappa shape index (κ1) is 15.0. The molecule has 0 aliphatic carbocycles. The van der Waals surface area contributed by atoms with Gasteiger partial charge in [0.25, 0.3) is 0 Å². The van der Waals surface area contributed by atoms with Crippen LogP contribution in [0.3, 0.4) is 0 Å². The third-order valence-electron chi connectivity index (χ3n) is 4.92. The number of aliphatic hydroxyl groups excluding tert-OH is 1. The highest BCUT2D eigenvalue weighted by Crippen LogP contribution is 2.16.